The first-order valence-corrected chi connectivity index (χ1v) is 15.2. The Hall–Kier alpha value is -4.73. The fourth-order valence-corrected chi connectivity index (χ4v) is 5.32. The van der Waals surface area contributed by atoms with E-state index in [1.165, 1.54) is 24.0 Å². The molecule has 0 spiro atoms. The summed E-state index contributed by atoms with van der Waals surface area (Å²) in [5.74, 6) is -4.42. The van der Waals surface area contributed by atoms with Crippen LogP contribution in [0.1, 0.15) is 45.6 Å². The van der Waals surface area contributed by atoms with E-state index in [-0.39, 0.29) is 50.1 Å². The summed E-state index contributed by atoms with van der Waals surface area (Å²) in [5, 5.41) is 29.7. The third-order valence-corrected chi connectivity index (χ3v) is 7.89. The molecule has 0 radical (unpaired) electrons. The first kappa shape index (κ1) is 35.7. The van der Waals surface area contributed by atoms with Crippen LogP contribution in [0.2, 0.25) is 0 Å². The maximum absolute atomic E-state index is 13.6. The van der Waals surface area contributed by atoms with Gasteiger partial charge in [0.05, 0.1) is 19.2 Å². The number of aliphatic hydroxyl groups is 1. The predicted octanol–water partition coefficient (Wildman–Crippen LogP) is -2.75. The topological polar surface area (TPSA) is 241 Å². The number of likely N-dealkylation sites (tertiary alicyclic amines) is 2. The Morgan fingerprint density at radius 1 is 0.913 bits per heavy atom. The Balaban J connectivity index is 1.57. The zero-order valence-electron chi connectivity index (χ0n) is 26.2. The van der Waals surface area contributed by atoms with Crippen molar-refractivity contribution in [2.75, 3.05) is 26.2 Å². The molecule has 252 valence electrons. The summed E-state index contributed by atoms with van der Waals surface area (Å²) >= 11 is 0. The lowest BCUT2D eigenvalue weighted by Gasteiger charge is -2.31. The third-order valence-electron chi connectivity index (χ3n) is 7.89. The lowest BCUT2D eigenvalue weighted by atomic mass is 10.0. The number of β-amino-alcohol motifs (C(OH)–C–C–N with tert-alkyl or cyclic N) is 1. The van der Waals surface area contributed by atoms with Crippen molar-refractivity contribution in [1.29, 1.82) is 0 Å². The van der Waals surface area contributed by atoms with Crippen LogP contribution in [0.15, 0.2) is 24.3 Å². The molecule has 0 saturated carbocycles. The van der Waals surface area contributed by atoms with Gasteiger partial charge in [0.2, 0.25) is 41.4 Å². The van der Waals surface area contributed by atoms with E-state index in [1.54, 1.807) is 26.0 Å². The number of hydrogen-bond donors (Lipinski definition) is 7. The number of rotatable bonds is 13. The Morgan fingerprint density at radius 3 is 2.20 bits per heavy atom. The number of aliphatic hydroxyl groups excluding tert-OH is 1. The first-order valence-electron chi connectivity index (χ1n) is 15.2. The molecule has 2 aliphatic heterocycles. The van der Waals surface area contributed by atoms with E-state index >= 15 is 0 Å². The zero-order valence-corrected chi connectivity index (χ0v) is 26.2. The molecule has 7 amide bonds. The van der Waals surface area contributed by atoms with E-state index in [1.807, 2.05) is 0 Å². The molecule has 3 rings (SSSR count). The highest BCUT2D eigenvalue weighted by molar-refractivity contribution is 5.96. The van der Waals surface area contributed by atoms with E-state index in [0.717, 1.165) is 4.90 Å². The van der Waals surface area contributed by atoms with Crippen LogP contribution in [0, 0.1) is 5.92 Å². The van der Waals surface area contributed by atoms with Crippen molar-refractivity contribution in [1.82, 2.24) is 31.1 Å². The SMILES string of the molecule is CC(C)C(=O)NCC(=O)NC(C)C(=O)NCC(=O)N1C[C@@H](O)CC1C(=O)N1CCCC1C(=O)NC(Cc1ccc(O)cc1)C(N)=O. The normalized spacial score (nSPS) is 20.5. The molecule has 1 aromatic rings. The van der Waals surface area contributed by atoms with Gasteiger partial charge in [0.15, 0.2) is 0 Å². The molecule has 0 aliphatic carbocycles. The number of carbonyl (C=O) groups is 7. The molecule has 2 aliphatic rings. The molecule has 46 heavy (non-hydrogen) atoms. The molecule has 2 heterocycles. The predicted molar refractivity (Wildman–Crippen MR) is 162 cm³/mol. The minimum absolute atomic E-state index is 0.0406. The van der Waals surface area contributed by atoms with Crippen LogP contribution in [-0.2, 0) is 40.0 Å². The maximum atomic E-state index is 13.6. The van der Waals surface area contributed by atoms with Gasteiger partial charge in [-0.15, -0.1) is 0 Å². The van der Waals surface area contributed by atoms with Crippen molar-refractivity contribution in [3.8, 4) is 5.75 Å². The van der Waals surface area contributed by atoms with Crippen molar-refractivity contribution in [3.05, 3.63) is 29.8 Å². The minimum Gasteiger partial charge on any atom is -0.508 e. The summed E-state index contributed by atoms with van der Waals surface area (Å²) in [6.45, 7) is 3.97. The van der Waals surface area contributed by atoms with Crippen LogP contribution in [0.5, 0.6) is 5.75 Å². The Labute approximate surface area is 266 Å². The van der Waals surface area contributed by atoms with Gasteiger partial charge in [-0.3, -0.25) is 33.6 Å². The summed E-state index contributed by atoms with van der Waals surface area (Å²) in [7, 11) is 0. The maximum Gasteiger partial charge on any atom is 0.246 e. The van der Waals surface area contributed by atoms with Crippen LogP contribution in [-0.4, -0.2) is 118 Å². The molecule has 0 aromatic heterocycles. The highest BCUT2D eigenvalue weighted by Gasteiger charge is 2.45. The number of phenolic OH excluding ortho intramolecular Hbond substituents is 1. The summed E-state index contributed by atoms with van der Waals surface area (Å²) in [5.41, 5.74) is 6.17. The number of nitrogens with one attached hydrogen (secondary N) is 4. The first-order chi connectivity index (χ1) is 21.7. The monoisotopic (exact) mass is 645 g/mol. The minimum atomic E-state index is -1.08. The highest BCUT2D eigenvalue weighted by atomic mass is 16.3. The van der Waals surface area contributed by atoms with E-state index < -0.39 is 72.3 Å². The molecule has 8 N–H and O–H groups in total. The van der Waals surface area contributed by atoms with E-state index in [4.69, 9.17) is 5.73 Å². The smallest absolute Gasteiger partial charge is 0.246 e. The molecule has 4 unspecified atom stereocenters. The van der Waals surface area contributed by atoms with Crippen LogP contribution in [0.3, 0.4) is 0 Å². The fraction of sp³-hybridized carbons (Fsp3) is 0.567. The lowest BCUT2D eigenvalue weighted by Crippen LogP contribution is -2.56. The van der Waals surface area contributed by atoms with Gasteiger partial charge in [0.1, 0.15) is 29.9 Å². The summed E-state index contributed by atoms with van der Waals surface area (Å²) < 4.78 is 0. The van der Waals surface area contributed by atoms with Gasteiger partial charge in [-0.2, -0.15) is 0 Å². The van der Waals surface area contributed by atoms with Crippen LogP contribution < -0.4 is 27.0 Å². The second kappa shape index (κ2) is 16.0. The van der Waals surface area contributed by atoms with Crippen molar-refractivity contribution >= 4 is 41.4 Å². The van der Waals surface area contributed by atoms with Crippen molar-refractivity contribution < 1.29 is 43.8 Å². The molecule has 0 bridgehead atoms. The number of carbonyl (C=O) groups excluding carboxylic acids is 7. The van der Waals surface area contributed by atoms with Gasteiger partial charge >= 0.3 is 0 Å². The van der Waals surface area contributed by atoms with Gasteiger partial charge in [0.25, 0.3) is 0 Å². The molecule has 2 fully saturated rings. The molecule has 2 saturated heterocycles. The largest absolute Gasteiger partial charge is 0.508 e. The van der Waals surface area contributed by atoms with Gasteiger partial charge in [0, 0.05) is 31.8 Å². The molecule has 16 heteroatoms. The van der Waals surface area contributed by atoms with Gasteiger partial charge in [-0.1, -0.05) is 26.0 Å². The fourth-order valence-electron chi connectivity index (χ4n) is 5.32. The number of amides is 7. The standard InChI is InChI=1S/C30H43N7O9/c1-16(2)27(43)32-13-24(40)34-17(3)28(44)33-14-25(41)37-15-20(39)12-23(37)30(46)36-10-4-5-22(36)29(45)35-21(26(31)42)11-18-6-8-19(38)9-7-18/h6-9,16-17,20-23,38-39H,4-5,10-15H2,1-3H3,(H2,31,42)(H,32,43)(H,33,44)(H,34,40)(H,35,45)/t17?,20-,21?,22?,23?/m0/s1. The van der Waals surface area contributed by atoms with Gasteiger partial charge in [-0.05, 0) is 37.5 Å². The third kappa shape index (κ3) is 9.63. The Morgan fingerprint density at radius 2 is 1.57 bits per heavy atom. The molecule has 5 atom stereocenters. The number of primary amides is 1. The second-order valence-electron chi connectivity index (χ2n) is 11.9. The van der Waals surface area contributed by atoms with Crippen molar-refractivity contribution in [3.63, 3.8) is 0 Å². The second-order valence-corrected chi connectivity index (χ2v) is 11.9. The number of hydrogen-bond acceptors (Lipinski definition) is 9. The number of nitrogens with zero attached hydrogens (tertiary/aromatic N) is 2. The average Bonchev–Trinajstić information content (AvgIpc) is 3.66. The molecular formula is C30H43N7O9. The molecule has 16 nitrogen and oxygen atoms in total. The number of nitrogens with two attached hydrogens (primary N) is 1. The zero-order chi connectivity index (χ0) is 34.1. The van der Waals surface area contributed by atoms with Gasteiger partial charge in [-0.25, -0.2) is 0 Å². The molecular weight excluding hydrogens is 602 g/mol. The summed E-state index contributed by atoms with van der Waals surface area (Å²) in [6.07, 6.45) is -0.198. The van der Waals surface area contributed by atoms with Crippen LogP contribution in [0.25, 0.3) is 0 Å². The van der Waals surface area contributed by atoms with Crippen molar-refractivity contribution in [2.45, 2.75) is 76.7 Å². The highest BCUT2D eigenvalue weighted by Crippen LogP contribution is 2.25. The lowest BCUT2D eigenvalue weighted by molar-refractivity contribution is -0.146. The number of aromatic hydroxyl groups is 1. The summed E-state index contributed by atoms with van der Waals surface area (Å²) in [4.78, 5) is 90.8. The van der Waals surface area contributed by atoms with Crippen LogP contribution >= 0.6 is 0 Å². The van der Waals surface area contributed by atoms with E-state index in [0.29, 0.717) is 18.4 Å². The Kier molecular flexibility index (Phi) is 12.4. The van der Waals surface area contributed by atoms with Crippen LogP contribution in [0.4, 0.5) is 0 Å². The average molecular weight is 646 g/mol. The number of benzene rings is 1. The van der Waals surface area contributed by atoms with E-state index in [9.17, 15) is 43.8 Å². The molecule has 1 aromatic carbocycles. The Bertz CT molecular complexity index is 1320. The number of phenols is 1. The van der Waals surface area contributed by atoms with Crippen molar-refractivity contribution in [2.24, 2.45) is 11.7 Å². The van der Waals surface area contributed by atoms with Gasteiger partial charge < -0.3 is 47.0 Å². The van der Waals surface area contributed by atoms with E-state index in [2.05, 4.69) is 21.3 Å². The quantitative estimate of drug-likeness (QED) is 0.117. The summed E-state index contributed by atoms with van der Waals surface area (Å²) in [6, 6.07) is 1.95.